The number of carbonyl (C=O) groups excluding carboxylic acids is 1. The summed E-state index contributed by atoms with van der Waals surface area (Å²) in [6, 6.07) is 12.4. The van der Waals surface area contributed by atoms with Crippen LogP contribution < -0.4 is 9.47 Å². The van der Waals surface area contributed by atoms with Gasteiger partial charge in [0.1, 0.15) is 5.82 Å². The Labute approximate surface area is 170 Å². The predicted molar refractivity (Wildman–Crippen MR) is 107 cm³/mol. The van der Waals surface area contributed by atoms with Crippen LogP contribution in [0.2, 0.25) is 0 Å². The number of carbonyl (C=O) groups is 1. The molecule has 2 atom stereocenters. The minimum atomic E-state index is -3.18. The molecule has 0 spiro atoms. The third-order valence-corrected chi connectivity index (χ3v) is 6.67. The average molecular weight is 421 g/mol. The van der Waals surface area contributed by atoms with E-state index in [9.17, 15) is 17.6 Å². The molecule has 2 unspecified atom stereocenters. The molecule has 156 valence electrons. The zero-order valence-corrected chi connectivity index (χ0v) is 17.2. The Kier molecular flexibility index (Phi) is 6.42. The van der Waals surface area contributed by atoms with Crippen molar-refractivity contribution >= 4 is 15.7 Å². The normalized spacial score (nSPS) is 18.8. The summed E-state index contributed by atoms with van der Waals surface area (Å²) in [6.45, 7) is 1.80. The van der Waals surface area contributed by atoms with Crippen LogP contribution in [0.5, 0.6) is 11.5 Å². The van der Waals surface area contributed by atoms with E-state index in [1.54, 1.807) is 43.3 Å². The number of halogens is 1. The third kappa shape index (κ3) is 5.26. The fourth-order valence-electron chi connectivity index (χ4n) is 3.39. The summed E-state index contributed by atoms with van der Waals surface area (Å²) in [4.78, 5) is 14.7. The summed E-state index contributed by atoms with van der Waals surface area (Å²) < 4.78 is 48.3. The largest absolute Gasteiger partial charge is 0.493 e. The van der Waals surface area contributed by atoms with E-state index in [4.69, 9.17) is 9.47 Å². The lowest BCUT2D eigenvalue weighted by Gasteiger charge is -2.31. The van der Waals surface area contributed by atoms with E-state index in [1.165, 1.54) is 24.1 Å². The maximum atomic E-state index is 13.2. The zero-order chi connectivity index (χ0) is 21.0. The summed E-state index contributed by atoms with van der Waals surface area (Å²) in [7, 11) is -1.67. The number of amides is 1. The molecule has 2 aromatic rings. The third-order valence-electron chi connectivity index (χ3n) is 4.92. The highest BCUT2D eigenvalue weighted by atomic mass is 32.2. The van der Waals surface area contributed by atoms with E-state index in [0.717, 1.165) is 0 Å². The Morgan fingerprint density at radius 1 is 1.17 bits per heavy atom. The van der Waals surface area contributed by atoms with Gasteiger partial charge in [-0.05, 0) is 43.2 Å². The van der Waals surface area contributed by atoms with Crippen LogP contribution in [0.4, 0.5) is 4.39 Å². The maximum Gasteiger partial charge on any atom is 0.263 e. The zero-order valence-electron chi connectivity index (χ0n) is 16.4. The first kappa shape index (κ1) is 21.1. The van der Waals surface area contributed by atoms with Crippen molar-refractivity contribution in [2.24, 2.45) is 0 Å². The lowest BCUT2D eigenvalue weighted by molar-refractivity contribution is -0.140. The van der Waals surface area contributed by atoms with Crippen LogP contribution in [0.3, 0.4) is 0 Å². The van der Waals surface area contributed by atoms with Gasteiger partial charge in [-0.2, -0.15) is 0 Å². The molecular weight excluding hydrogens is 397 g/mol. The van der Waals surface area contributed by atoms with Crippen molar-refractivity contribution in [2.45, 2.75) is 32.0 Å². The fourth-order valence-corrected chi connectivity index (χ4v) is 5.12. The number of benzene rings is 2. The van der Waals surface area contributed by atoms with Gasteiger partial charge in [0.25, 0.3) is 5.91 Å². The van der Waals surface area contributed by atoms with Crippen molar-refractivity contribution in [3.05, 3.63) is 59.9 Å². The number of methoxy groups -OCH3 is 1. The molecule has 1 aliphatic rings. The van der Waals surface area contributed by atoms with Gasteiger partial charge in [-0.1, -0.05) is 24.3 Å². The molecule has 0 saturated carbocycles. The summed E-state index contributed by atoms with van der Waals surface area (Å²) >= 11 is 0. The van der Waals surface area contributed by atoms with Crippen molar-refractivity contribution in [3.63, 3.8) is 0 Å². The highest BCUT2D eigenvalue weighted by Crippen LogP contribution is 2.28. The second-order valence-corrected chi connectivity index (χ2v) is 9.29. The molecule has 8 heteroatoms. The van der Waals surface area contributed by atoms with Gasteiger partial charge in [0.2, 0.25) is 0 Å². The Balaban J connectivity index is 1.82. The van der Waals surface area contributed by atoms with Crippen molar-refractivity contribution in [1.29, 1.82) is 0 Å². The quantitative estimate of drug-likeness (QED) is 0.687. The number of ether oxygens (including phenoxy) is 2. The van der Waals surface area contributed by atoms with Gasteiger partial charge in [-0.3, -0.25) is 4.79 Å². The van der Waals surface area contributed by atoms with E-state index in [2.05, 4.69) is 0 Å². The summed E-state index contributed by atoms with van der Waals surface area (Å²) in [5.41, 5.74) is 0.716. The van der Waals surface area contributed by atoms with Crippen LogP contribution in [-0.2, 0) is 21.2 Å². The van der Waals surface area contributed by atoms with E-state index >= 15 is 0 Å². The standard InChI is InChI=1S/C21H24FNO5S/c1-15(28-20-6-4-3-5-19(20)27-2)21(24)23(18-11-12-29(25,26)14-18)13-16-7-9-17(22)10-8-16/h3-10,15,18H,11-14H2,1-2H3. The second-order valence-electron chi connectivity index (χ2n) is 7.06. The molecule has 1 fully saturated rings. The van der Waals surface area contributed by atoms with Gasteiger partial charge in [-0.15, -0.1) is 0 Å². The molecule has 1 amide bonds. The first-order valence-corrected chi connectivity index (χ1v) is 11.2. The Bertz CT molecular complexity index is 961. The smallest absolute Gasteiger partial charge is 0.263 e. The number of sulfone groups is 1. The molecule has 29 heavy (non-hydrogen) atoms. The Morgan fingerprint density at radius 3 is 2.41 bits per heavy atom. The minimum absolute atomic E-state index is 0.0482. The molecule has 0 aromatic heterocycles. The number of nitrogens with zero attached hydrogens (tertiary/aromatic N) is 1. The topological polar surface area (TPSA) is 72.9 Å². The van der Waals surface area contributed by atoms with Gasteiger partial charge in [0.05, 0.1) is 18.6 Å². The van der Waals surface area contributed by atoms with Crippen molar-refractivity contribution in [3.8, 4) is 11.5 Å². The van der Waals surface area contributed by atoms with Crippen LogP contribution in [0.15, 0.2) is 48.5 Å². The minimum Gasteiger partial charge on any atom is -0.493 e. The van der Waals surface area contributed by atoms with E-state index in [1.807, 2.05) is 0 Å². The molecule has 2 aromatic carbocycles. The van der Waals surface area contributed by atoms with Crippen molar-refractivity contribution in [2.75, 3.05) is 18.6 Å². The van der Waals surface area contributed by atoms with Crippen LogP contribution in [-0.4, -0.2) is 50.0 Å². The monoisotopic (exact) mass is 421 g/mol. The number of hydrogen-bond donors (Lipinski definition) is 0. The lowest BCUT2D eigenvalue weighted by Crippen LogP contribution is -2.46. The first-order chi connectivity index (χ1) is 13.8. The average Bonchev–Trinajstić information content (AvgIpc) is 3.06. The SMILES string of the molecule is COc1ccccc1OC(C)C(=O)N(Cc1ccc(F)cc1)C1CCS(=O)(=O)C1. The van der Waals surface area contributed by atoms with Crippen molar-refractivity contribution < 1.29 is 27.1 Å². The molecule has 0 bridgehead atoms. The summed E-state index contributed by atoms with van der Waals surface area (Å²) in [5.74, 6) is 0.191. The van der Waals surface area contributed by atoms with Crippen LogP contribution >= 0.6 is 0 Å². The predicted octanol–water partition coefficient (Wildman–Crippen LogP) is 2.82. The van der Waals surface area contributed by atoms with Gasteiger partial charge in [0.15, 0.2) is 27.4 Å². The molecule has 0 aliphatic carbocycles. The first-order valence-electron chi connectivity index (χ1n) is 9.34. The number of hydrogen-bond acceptors (Lipinski definition) is 5. The van der Waals surface area contributed by atoms with Crippen molar-refractivity contribution in [1.82, 2.24) is 4.90 Å². The van der Waals surface area contributed by atoms with E-state index in [-0.39, 0.29) is 29.8 Å². The highest BCUT2D eigenvalue weighted by Gasteiger charge is 2.36. The second kappa shape index (κ2) is 8.82. The Morgan fingerprint density at radius 2 is 1.83 bits per heavy atom. The number of para-hydroxylation sites is 2. The molecule has 0 N–H and O–H groups in total. The lowest BCUT2D eigenvalue weighted by atomic mass is 10.1. The summed E-state index contributed by atoms with van der Waals surface area (Å²) in [5, 5.41) is 0. The molecule has 0 radical (unpaired) electrons. The molecule has 3 rings (SSSR count). The molecule has 1 saturated heterocycles. The molecule has 6 nitrogen and oxygen atoms in total. The van der Waals surface area contributed by atoms with Gasteiger partial charge >= 0.3 is 0 Å². The van der Waals surface area contributed by atoms with Gasteiger partial charge in [0, 0.05) is 12.6 Å². The molecular formula is C21H24FNO5S. The number of rotatable bonds is 7. The summed E-state index contributed by atoms with van der Waals surface area (Å²) in [6.07, 6.45) is -0.480. The van der Waals surface area contributed by atoms with Gasteiger partial charge in [-0.25, -0.2) is 12.8 Å². The maximum absolute atomic E-state index is 13.2. The fraction of sp³-hybridized carbons (Fsp3) is 0.381. The van der Waals surface area contributed by atoms with E-state index in [0.29, 0.717) is 23.5 Å². The Hall–Kier alpha value is -2.61. The van der Waals surface area contributed by atoms with Crippen LogP contribution in [0, 0.1) is 5.82 Å². The van der Waals surface area contributed by atoms with Crippen LogP contribution in [0.1, 0.15) is 18.9 Å². The van der Waals surface area contributed by atoms with E-state index < -0.39 is 22.0 Å². The van der Waals surface area contributed by atoms with Crippen LogP contribution in [0.25, 0.3) is 0 Å². The molecule has 1 heterocycles. The highest BCUT2D eigenvalue weighted by molar-refractivity contribution is 7.91. The molecule has 1 aliphatic heterocycles. The van der Waals surface area contributed by atoms with Gasteiger partial charge < -0.3 is 14.4 Å².